The van der Waals surface area contributed by atoms with E-state index in [9.17, 15) is 0 Å². The van der Waals surface area contributed by atoms with Crippen molar-refractivity contribution in [3.05, 3.63) is 34.4 Å². The number of nitrogens with two attached hydrogens (primary N) is 1. The van der Waals surface area contributed by atoms with Crippen molar-refractivity contribution >= 4 is 23.5 Å². The van der Waals surface area contributed by atoms with Crippen LogP contribution >= 0.6 is 23.5 Å². The molecule has 0 amide bonds. The second-order valence-electron chi connectivity index (χ2n) is 5.23. The molecule has 2 N–H and O–H groups in total. The van der Waals surface area contributed by atoms with Gasteiger partial charge >= 0.3 is 0 Å². The third-order valence-electron chi connectivity index (χ3n) is 3.83. The van der Waals surface area contributed by atoms with Gasteiger partial charge in [0, 0.05) is 28.0 Å². The molecule has 1 aliphatic heterocycles. The van der Waals surface area contributed by atoms with Crippen LogP contribution in [0, 0.1) is 20.8 Å². The normalized spacial score (nSPS) is 26.1. The predicted molar refractivity (Wildman–Crippen MR) is 85.7 cm³/mol. The molecule has 0 aromatic heterocycles. The Morgan fingerprint density at radius 3 is 2.33 bits per heavy atom. The van der Waals surface area contributed by atoms with Crippen molar-refractivity contribution in [3.8, 4) is 0 Å². The molecular formula is C15H23NS2. The van der Waals surface area contributed by atoms with Crippen LogP contribution in [0.5, 0.6) is 0 Å². The Morgan fingerprint density at radius 2 is 1.67 bits per heavy atom. The van der Waals surface area contributed by atoms with Gasteiger partial charge in [-0.1, -0.05) is 19.1 Å². The van der Waals surface area contributed by atoms with Gasteiger partial charge in [-0.15, -0.1) is 0 Å². The molecular weight excluding hydrogens is 258 g/mol. The monoisotopic (exact) mass is 281 g/mol. The van der Waals surface area contributed by atoms with Gasteiger partial charge in [-0.05, 0) is 43.0 Å². The number of rotatable bonds is 2. The number of hydrogen-bond acceptors (Lipinski definition) is 3. The van der Waals surface area contributed by atoms with E-state index in [0.717, 1.165) is 0 Å². The van der Waals surface area contributed by atoms with Crippen LogP contribution < -0.4 is 5.73 Å². The quantitative estimate of drug-likeness (QED) is 0.892. The SMILES string of the molecule is Cc1cc(C)c(C(N)C2SCCSC2C)cc1C. The van der Waals surface area contributed by atoms with Gasteiger partial charge in [0.15, 0.2) is 0 Å². The van der Waals surface area contributed by atoms with Crippen molar-refractivity contribution in [3.63, 3.8) is 0 Å². The minimum Gasteiger partial charge on any atom is -0.323 e. The van der Waals surface area contributed by atoms with Gasteiger partial charge in [0.25, 0.3) is 0 Å². The molecule has 1 aromatic carbocycles. The molecule has 1 nitrogen and oxygen atoms in total. The zero-order valence-electron chi connectivity index (χ0n) is 11.7. The lowest BCUT2D eigenvalue weighted by atomic mass is 9.93. The Balaban J connectivity index is 2.27. The van der Waals surface area contributed by atoms with E-state index in [1.807, 2.05) is 11.8 Å². The van der Waals surface area contributed by atoms with Crippen molar-refractivity contribution in [1.82, 2.24) is 0 Å². The van der Waals surface area contributed by atoms with Crippen LogP contribution in [0.2, 0.25) is 0 Å². The minimum absolute atomic E-state index is 0.164. The maximum absolute atomic E-state index is 6.55. The summed E-state index contributed by atoms with van der Waals surface area (Å²) in [6, 6.07) is 4.73. The fourth-order valence-electron chi connectivity index (χ4n) is 2.56. The molecule has 0 radical (unpaired) electrons. The first-order valence-electron chi connectivity index (χ1n) is 6.57. The maximum atomic E-state index is 6.55. The summed E-state index contributed by atoms with van der Waals surface area (Å²) in [5.74, 6) is 2.50. The molecule has 18 heavy (non-hydrogen) atoms. The molecule has 0 spiro atoms. The van der Waals surface area contributed by atoms with Crippen LogP contribution in [-0.4, -0.2) is 22.0 Å². The van der Waals surface area contributed by atoms with Gasteiger partial charge in [0.05, 0.1) is 0 Å². The average Bonchev–Trinajstić information content (AvgIpc) is 2.33. The molecule has 0 bridgehead atoms. The Morgan fingerprint density at radius 1 is 1.06 bits per heavy atom. The highest BCUT2D eigenvalue weighted by atomic mass is 32.2. The lowest BCUT2D eigenvalue weighted by Crippen LogP contribution is -2.34. The van der Waals surface area contributed by atoms with E-state index < -0.39 is 0 Å². The van der Waals surface area contributed by atoms with Crippen molar-refractivity contribution in [2.45, 2.75) is 44.2 Å². The summed E-state index contributed by atoms with van der Waals surface area (Å²) in [5, 5.41) is 1.20. The largest absolute Gasteiger partial charge is 0.323 e. The van der Waals surface area contributed by atoms with Crippen molar-refractivity contribution in [2.75, 3.05) is 11.5 Å². The Labute approximate surface area is 119 Å². The first-order valence-corrected chi connectivity index (χ1v) is 8.67. The third-order valence-corrected chi connectivity index (χ3v) is 7.05. The van der Waals surface area contributed by atoms with Crippen LogP contribution in [0.25, 0.3) is 0 Å². The van der Waals surface area contributed by atoms with E-state index in [0.29, 0.717) is 10.5 Å². The first-order chi connectivity index (χ1) is 8.50. The summed E-state index contributed by atoms with van der Waals surface area (Å²) in [6.07, 6.45) is 0. The lowest BCUT2D eigenvalue weighted by molar-refractivity contribution is 0.659. The molecule has 0 aliphatic carbocycles. The number of thioether (sulfide) groups is 2. The van der Waals surface area contributed by atoms with Crippen molar-refractivity contribution in [1.29, 1.82) is 0 Å². The number of hydrogen-bond donors (Lipinski definition) is 1. The first kappa shape index (κ1) is 14.3. The summed E-state index contributed by atoms with van der Waals surface area (Å²) in [7, 11) is 0. The Bertz CT molecular complexity index is 431. The summed E-state index contributed by atoms with van der Waals surface area (Å²) >= 11 is 4.11. The van der Waals surface area contributed by atoms with Gasteiger partial charge < -0.3 is 5.73 Å². The van der Waals surface area contributed by atoms with Gasteiger partial charge in [-0.3, -0.25) is 0 Å². The van der Waals surface area contributed by atoms with Crippen LogP contribution in [0.4, 0.5) is 0 Å². The smallest absolute Gasteiger partial charge is 0.0429 e. The minimum atomic E-state index is 0.164. The lowest BCUT2D eigenvalue weighted by Gasteiger charge is -2.33. The molecule has 1 saturated heterocycles. The zero-order chi connectivity index (χ0) is 13.3. The average molecular weight is 281 g/mol. The Kier molecular flexibility index (Phi) is 4.68. The van der Waals surface area contributed by atoms with E-state index in [2.05, 4.69) is 51.6 Å². The summed E-state index contributed by atoms with van der Waals surface area (Å²) < 4.78 is 0. The molecule has 0 saturated carbocycles. The standard InChI is InChI=1S/C15H23NS2/c1-9-7-11(3)13(8-10(9)2)14(16)15-12(4)17-5-6-18-15/h7-8,12,14-15H,5-6,16H2,1-4H3. The molecule has 1 aliphatic rings. The highest BCUT2D eigenvalue weighted by Crippen LogP contribution is 2.38. The Hall–Kier alpha value is -0.120. The van der Waals surface area contributed by atoms with E-state index in [1.54, 1.807) is 0 Å². The number of benzene rings is 1. The number of aryl methyl sites for hydroxylation is 3. The molecule has 3 atom stereocenters. The zero-order valence-corrected chi connectivity index (χ0v) is 13.3. The fourth-order valence-corrected chi connectivity index (χ4v) is 5.43. The van der Waals surface area contributed by atoms with Crippen LogP contribution in [0.1, 0.15) is 35.2 Å². The molecule has 100 valence electrons. The van der Waals surface area contributed by atoms with E-state index in [1.165, 1.54) is 33.8 Å². The predicted octanol–water partition coefficient (Wildman–Crippen LogP) is 3.85. The van der Waals surface area contributed by atoms with E-state index >= 15 is 0 Å². The summed E-state index contributed by atoms with van der Waals surface area (Å²) in [4.78, 5) is 0. The van der Waals surface area contributed by atoms with Gasteiger partial charge in [0.1, 0.15) is 0 Å². The second-order valence-corrected chi connectivity index (χ2v) is 8.00. The second kappa shape index (κ2) is 5.89. The molecule has 3 unspecified atom stereocenters. The topological polar surface area (TPSA) is 26.0 Å². The van der Waals surface area contributed by atoms with Gasteiger partial charge in [-0.25, -0.2) is 0 Å². The van der Waals surface area contributed by atoms with Crippen LogP contribution in [0.15, 0.2) is 12.1 Å². The highest BCUT2D eigenvalue weighted by Gasteiger charge is 2.29. The van der Waals surface area contributed by atoms with Crippen LogP contribution in [-0.2, 0) is 0 Å². The van der Waals surface area contributed by atoms with Crippen molar-refractivity contribution < 1.29 is 0 Å². The van der Waals surface area contributed by atoms with E-state index in [-0.39, 0.29) is 6.04 Å². The summed E-state index contributed by atoms with van der Waals surface area (Å²) in [5.41, 5.74) is 11.9. The van der Waals surface area contributed by atoms with Crippen LogP contribution in [0.3, 0.4) is 0 Å². The van der Waals surface area contributed by atoms with Gasteiger partial charge in [0.2, 0.25) is 0 Å². The molecule has 1 aromatic rings. The highest BCUT2D eigenvalue weighted by molar-refractivity contribution is 8.07. The molecule has 1 heterocycles. The molecule has 1 fully saturated rings. The fraction of sp³-hybridized carbons (Fsp3) is 0.600. The molecule has 2 rings (SSSR count). The van der Waals surface area contributed by atoms with E-state index in [4.69, 9.17) is 5.73 Å². The van der Waals surface area contributed by atoms with Gasteiger partial charge in [-0.2, -0.15) is 23.5 Å². The summed E-state index contributed by atoms with van der Waals surface area (Å²) in [6.45, 7) is 8.85. The van der Waals surface area contributed by atoms with Crippen molar-refractivity contribution in [2.24, 2.45) is 5.73 Å². The maximum Gasteiger partial charge on any atom is 0.0429 e. The molecule has 3 heteroatoms. The third kappa shape index (κ3) is 2.89.